The molecule has 1 saturated heterocycles. The van der Waals surface area contributed by atoms with Crippen LogP contribution in [-0.4, -0.2) is 116 Å². The Bertz CT molecular complexity index is 2580. The number of benzene rings is 2. The minimum atomic E-state index is -4.75. The summed E-state index contributed by atoms with van der Waals surface area (Å²) >= 11 is 7.94. The first-order valence-corrected chi connectivity index (χ1v) is 20.6. The predicted octanol–water partition coefficient (Wildman–Crippen LogP) is 7.73. The molecule has 63 heavy (non-hydrogen) atoms. The number of halogens is 7. The fourth-order valence-corrected chi connectivity index (χ4v) is 8.36. The number of ether oxygens (including phenoxy) is 4. The van der Waals surface area contributed by atoms with Crippen molar-refractivity contribution in [3.05, 3.63) is 95.0 Å². The largest absolute Gasteiger partial charge is 0.501 e. The number of para-hydroxylation sites is 1. The third kappa shape index (κ3) is 9.95. The molecule has 1 aliphatic heterocycles. The zero-order chi connectivity index (χ0) is 45.3. The number of nitrogens with zero attached hydrogens (tertiary/aromatic N) is 6. The van der Waals surface area contributed by atoms with Gasteiger partial charge in [-0.1, -0.05) is 29.8 Å². The quantitative estimate of drug-likeness (QED) is 0.0540. The Balaban J connectivity index is 1.28. The zero-order valence-electron chi connectivity index (χ0n) is 33.9. The summed E-state index contributed by atoms with van der Waals surface area (Å²) in [5.41, 5.74) is -0.339. The van der Waals surface area contributed by atoms with E-state index in [9.17, 15) is 22.4 Å². The Kier molecular flexibility index (Phi) is 13.4. The summed E-state index contributed by atoms with van der Waals surface area (Å²) in [6.45, 7) is 5.84. The Morgan fingerprint density at radius 1 is 1.00 bits per heavy atom. The summed E-state index contributed by atoms with van der Waals surface area (Å²) in [5.74, 6) is -6.66. The normalized spacial score (nSPS) is 14.8. The van der Waals surface area contributed by atoms with E-state index < -0.39 is 65.0 Å². The molecule has 0 N–H and O–H groups in total. The van der Waals surface area contributed by atoms with E-state index >= 15 is 8.78 Å². The van der Waals surface area contributed by atoms with Gasteiger partial charge in [-0.15, -0.1) is 11.3 Å². The molecular formula is C41H37B2ClF6N6O6S. The summed E-state index contributed by atoms with van der Waals surface area (Å²) in [4.78, 5) is 27.2. The minimum Gasteiger partial charge on any atom is -0.501 e. The van der Waals surface area contributed by atoms with Crippen molar-refractivity contribution in [3.63, 3.8) is 0 Å². The summed E-state index contributed by atoms with van der Waals surface area (Å²) in [5, 5.41) is 1.22. The van der Waals surface area contributed by atoms with Crippen molar-refractivity contribution in [1.29, 1.82) is 0 Å². The molecule has 7 rings (SSSR count). The van der Waals surface area contributed by atoms with E-state index in [0.717, 1.165) is 74.3 Å². The van der Waals surface area contributed by atoms with Crippen LogP contribution < -0.4 is 14.2 Å². The van der Waals surface area contributed by atoms with Crippen LogP contribution in [-0.2, 0) is 27.4 Å². The van der Waals surface area contributed by atoms with Crippen LogP contribution in [0.3, 0.4) is 0 Å². The fourth-order valence-electron chi connectivity index (χ4n) is 7.03. The van der Waals surface area contributed by atoms with Crippen LogP contribution in [0.1, 0.15) is 23.7 Å². The molecule has 0 aliphatic carbocycles. The predicted molar refractivity (Wildman–Crippen MR) is 223 cm³/mol. The molecule has 4 aromatic heterocycles. The van der Waals surface area contributed by atoms with Gasteiger partial charge in [-0.25, -0.2) is 14.8 Å². The summed E-state index contributed by atoms with van der Waals surface area (Å²) in [6, 6.07) is 10.3. The van der Waals surface area contributed by atoms with Gasteiger partial charge in [0.05, 0.1) is 38.6 Å². The molecule has 0 spiro atoms. The molecule has 0 bridgehead atoms. The highest BCUT2D eigenvalue weighted by atomic mass is 35.5. The smallest absolute Gasteiger partial charge is 0.408 e. The molecule has 0 amide bonds. The number of carbonyl (C=O) groups is 1. The molecule has 5 heterocycles. The van der Waals surface area contributed by atoms with Gasteiger partial charge in [0.15, 0.2) is 0 Å². The number of furan rings is 1. The average molecular weight is 913 g/mol. The number of thiophene rings is 1. The first-order valence-electron chi connectivity index (χ1n) is 19.4. The van der Waals surface area contributed by atoms with Crippen LogP contribution in [0, 0.1) is 12.9 Å². The van der Waals surface area contributed by atoms with Crippen molar-refractivity contribution < 1.29 is 54.5 Å². The molecule has 6 aromatic rings. The van der Waals surface area contributed by atoms with Crippen molar-refractivity contribution in [3.8, 4) is 39.1 Å². The second-order valence-corrected chi connectivity index (χ2v) is 15.9. The highest BCUT2D eigenvalue weighted by Crippen LogP contribution is 2.51. The fraction of sp³-hybridized carbons (Fsp3) is 0.366. The van der Waals surface area contributed by atoms with Crippen LogP contribution in [0.15, 0.2) is 71.5 Å². The number of alkyl halides is 5. The lowest BCUT2D eigenvalue weighted by Crippen LogP contribution is -2.45. The second-order valence-electron chi connectivity index (χ2n) is 14.6. The van der Waals surface area contributed by atoms with Crippen molar-refractivity contribution in [2.24, 2.45) is 0 Å². The van der Waals surface area contributed by atoms with Crippen LogP contribution in [0.25, 0.3) is 32.0 Å². The van der Waals surface area contributed by atoms with Gasteiger partial charge < -0.3 is 28.3 Å². The highest BCUT2D eigenvalue weighted by Gasteiger charge is 2.52. The number of likely N-dealkylation sites (N-methyl/N-ethyl adjacent to an activating group) is 1. The van der Waals surface area contributed by atoms with Gasteiger partial charge >= 0.3 is 18.1 Å². The zero-order valence-corrected chi connectivity index (χ0v) is 35.5. The molecule has 1 aliphatic rings. The Hall–Kier alpha value is -5.24. The molecule has 4 radical (unpaired) electrons. The summed E-state index contributed by atoms with van der Waals surface area (Å²) < 4.78 is 117. The molecule has 22 heteroatoms. The number of esters is 1. The van der Waals surface area contributed by atoms with Gasteiger partial charge in [0.1, 0.15) is 57.3 Å². The minimum absolute atomic E-state index is 0.0349. The van der Waals surface area contributed by atoms with Crippen LogP contribution >= 0.6 is 22.9 Å². The Labute approximate surface area is 368 Å². The number of piperazine rings is 1. The standard InChI is InChI=1S/C41H37B2ClF6N6O6S/c1-4-58-38(57)35(40(49,50)25-7-5-6-8-26(25)62-41(42,43)29-13-14-53-56(29)21-39(46,47)48)61-36-32-31(34(28-11-12-30(45)60-28)63-37(32)52-22-51-36)24-9-10-27(33(44)23(24)2)59-20-19-55-17-15-54(3)16-18-55/h5-14,22,35H,4,15-21H2,1-3H3/t35-/m1/s1. The Morgan fingerprint density at radius 2 is 1.75 bits per heavy atom. The number of hydrogen-bond donors (Lipinski definition) is 0. The average Bonchev–Trinajstić information content (AvgIpc) is 3.98. The number of carbonyl (C=O) groups excluding carboxylic acids is 1. The van der Waals surface area contributed by atoms with E-state index in [0.29, 0.717) is 39.6 Å². The van der Waals surface area contributed by atoms with Gasteiger partial charge in [-0.3, -0.25) is 9.58 Å². The number of hydrogen-bond acceptors (Lipinski definition) is 12. The molecule has 0 unspecified atom stereocenters. The maximum Gasteiger partial charge on any atom is 0.408 e. The molecule has 1 atom stereocenters. The SMILES string of the molecule is [B]C([B])(Oc1ccccc1C(F)(F)[C@H](Oc1ncnc2sc(-c3ccc(F)o3)c(-c3ccc(OCCN4CCN(C)CC4)c(Cl)c3C)c12)C(=O)OCC)c1ccnn1CC(F)(F)F. The van der Waals surface area contributed by atoms with Crippen molar-refractivity contribution in [2.75, 3.05) is 53.0 Å². The maximum absolute atomic E-state index is 17.2. The van der Waals surface area contributed by atoms with Crippen LogP contribution in [0.5, 0.6) is 17.4 Å². The van der Waals surface area contributed by atoms with Gasteiger partial charge in [0.2, 0.25) is 5.88 Å². The summed E-state index contributed by atoms with van der Waals surface area (Å²) in [7, 11) is 14.3. The van der Waals surface area contributed by atoms with Crippen molar-refractivity contribution in [2.45, 2.75) is 44.0 Å². The van der Waals surface area contributed by atoms with Crippen molar-refractivity contribution >= 4 is 54.8 Å². The van der Waals surface area contributed by atoms with Crippen LogP contribution in [0.4, 0.5) is 26.3 Å². The molecule has 328 valence electrons. The van der Waals surface area contributed by atoms with Gasteiger partial charge in [-0.2, -0.15) is 31.4 Å². The van der Waals surface area contributed by atoms with E-state index in [-0.39, 0.29) is 33.2 Å². The molecule has 12 nitrogen and oxygen atoms in total. The van der Waals surface area contributed by atoms with E-state index in [4.69, 9.17) is 50.7 Å². The van der Waals surface area contributed by atoms with Gasteiger partial charge in [0, 0.05) is 50.6 Å². The molecule has 1 fully saturated rings. The lowest BCUT2D eigenvalue weighted by molar-refractivity contribution is -0.174. The monoisotopic (exact) mass is 912 g/mol. The molecule has 0 saturated carbocycles. The van der Waals surface area contributed by atoms with E-state index in [1.807, 2.05) is 0 Å². The van der Waals surface area contributed by atoms with Crippen molar-refractivity contribution in [1.82, 2.24) is 29.5 Å². The lowest BCUT2D eigenvalue weighted by Gasteiger charge is -2.32. The van der Waals surface area contributed by atoms with E-state index in [1.165, 1.54) is 25.1 Å². The van der Waals surface area contributed by atoms with Gasteiger partial charge in [0.25, 0.3) is 12.1 Å². The number of fused-ring (bicyclic) bond motifs is 1. The number of rotatable bonds is 16. The van der Waals surface area contributed by atoms with Gasteiger partial charge in [-0.05, 0) is 62.4 Å². The number of aromatic nitrogens is 4. The molecule has 2 aromatic carbocycles. The van der Waals surface area contributed by atoms with E-state index in [2.05, 4.69) is 31.9 Å². The second kappa shape index (κ2) is 18.5. The Morgan fingerprint density at radius 3 is 2.44 bits per heavy atom. The third-order valence-electron chi connectivity index (χ3n) is 10.2. The third-order valence-corrected chi connectivity index (χ3v) is 11.7. The summed E-state index contributed by atoms with van der Waals surface area (Å²) in [6.07, 6.45) is -5.53. The lowest BCUT2D eigenvalue weighted by atomic mass is 9.63. The van der Waals surface area contributed by atoms with E-state index in [1.54, 1.807) is 19.1 Å². The molecular weight excluding hydrogens is 876 g/mol. The highest BCUT2D eigenvalue weighted by molar-refractivity contribution is 7.22. The maximum atomic E-state index is 17.2. The first-order chi connectivity index (χ1) is 29.9. The van der Waals surface area contributed by atoms with Crippen LogP contribution in [0.2, 0.25) is 5.02 Å². The topological polar surface area (TPSA) is 117 Å². The first kappa shape index (κ1) is 45.8.